The predicted octanol–water partition coefficient (Wildman–Crippen LogP) is 0.317. The van der Waals surface area contributed by atoms with Crippen LogP contribution in [0.4, 0.5) is 0 Å². The number of halogens is 1. The van der Waals surface area contributed by atoms with E-state index < -0.39 is 0 Å². The van der Waals surface area contributed by atoms with Gasteiger partial charge in [0.25, 0.3) is 5.56 Å². The van der Waals surface area contributed by atoms with E-state index in [1.807, 2.05) is 0 Å². The third-order valence-corrected chi connectivity index (χ3v) is 1.71. The molecule has 0 bridgehead atoms. The first-order valence-corrected chi connectivity index (χ1v) is 3.85. The number of nitrogens with one attached hydrogen (secondary N) is 1. The molecule has 0 aromatic carbocycles. The van der Waals surface area contributed by atoms with Gasteiger partial charge in [-0.2, -0.15) is 0 Å². The minimum atomic E-state index is -0.357. The predicted molar refractivity (Wildman–Crippen MR) is 49.2 cm³/mol. The average molecular weight is 202 g/mol. The average Bonchev–Trinajstić information content (AvgIpc) is 2.11. The summed E-state index contributed by atoms with van der Waals surface area (Å²) in [5.41, 5.74) is 5.58. The lowest BCUT2D eigenvalue weighted by Crippen LogP contribution is -2.16. The van der Waals surface area contributed by atoms with Gasteiger partial charge in [-0.3, -0.25) is 4.79 Å². The Bertz CT molecular complexity index is 386. The fourth-order valence-corrected chi connectivity index (χ4v) is 1.04. The van der Waals surface area contributed by atoms with Crippen LogP contribution in [0.15, 0.2) is 22.2 Å². The van der Waals surface area contributed by atoms with E-state index >= 15 is 0 Å². The van der Waals surface area contributed by atoms with E-state index in [-0.39, 0.29) is 22.8 Å². The van der Waals surface area contributed by atoms with E-state index in [0.29, 0.717) is 5.56 Å². The molecular formula is C7H8ClN3O2. The Morgan fingerprint density at radius 2 is 2.46 bits per heavy atom. The van der Waals surface area contributed by atoms with Gasteiger partial charge in [0.05, 0.1) is 0 Å². The molecule has 0 radical (unpaired) electrons. The Balaban J connectivity index is 2.92. The van der Waals surface area contributed by atoms with Crippen molar-refractivity contribution < 1.29 is 5.21 Å². The van der Waals surface area contributed by atoms with E-state index in [0.717, 1.165) is 0 Å². The van der Waals surface area contributed by atoms with Gasteiger partial charge in [-0.25, -0.2) is 0 Å². The first-order valence-electron chi connectivity index (χ1n) is 3.47. The summed E-state index contributed by atoms with van der Waals surface area (Å²) in [6.45, 7) is 0. The van der Waals surface area contributed by atoms with Gasteiger partial charge in [0.15, 0.2) is 0 Å². The van der Waals surface area contributed by atoms with Crippen LogP contribution in [-0.2, 0) is 6.42 Å². The Hall–Kier alpha value is -1.49. The lowest BCUT2D eigenvalue weighted by molar-refractivity contribution is 0.317. The van der Waals surface area contributed by atoms with Crippen molar-refractivity contribution in [2.24, 2.45) is 10.9 Å². The van der Waals surface area contributed by atoms with Gasteiger partial charge in [0.2, 0.25) is 0 Å². The molecule has 0 aliphatic heterocycles. The minimum absolute atomic E-state index is 0.0584. The highest BCUT2D eigenvalue weighted by Crippen LogP contribution is 2.04. The maximum Gasteiger partial charge on any atom is 0.266 e. The molecule has 13 heavy (non-hydrogen) atoms. The first kappa shape index (κ1) is 9.60. The minimum Gasteiger partial charge on any atom is -0.409 e. The highest BCUT2D eigenvalue weighted by molar-refractivity contribution is 6.30. The van der Waals surface area contributed by atoms with Crippen molar-refractivity contribution in [3.05, 3.63) is 33.2 Å². The zero-order chi connectivity index (χ0) is 9.84. The molecule has 0 aliphatic rings. The summed E-state index contributed by atoms with van der Waals surface area (Å²) in [6.07, 6.45) is 1.71. The number of rotatable bonds is 2. The van der Waals surface area contributed by atoms with Crippen LogP contribution >= 0.6 is 11.6 Å². The quantitative estimate of drug-likeness (QED) is 0.279. The van der Waals surface area contributed by atoms with Crippen LogP contribution in [0.1, 0.15) is 5.56 Å². The van der Waals surface area contributed by atoms with Gasteiger partial charge < -0.3 is 15.9 Å². The highest BCUT2D eigenvalue weighted by Gasteiger charge is 2.00. The van der Waals surface area contributed by atoms with Gasteiger partial charge >= 0.3 is 0 Å². The summed E-state index contributed by atoms with van der Waals surface area (Å²) in [7, 11) is 0. The fourth-order valence-electron chi connectivity index (χ4n) is 0.844. The number of pyridine rings is 1. The molecule has 0 aliphatic carbocycles. The van der Waals surface area contributed by atoms with Crippen molar-refractivity contribution in [3.63, 3.8) is 0 Å². The molecule has 5 nitrogen and oxygen atoms in total. The number of nitrogens with two attached hydrogens (primary N) is 1. The van der Waals surface area contributed by atoms with Gasteiger partial charge in [-0.05, 0) is 11.6 Å². The largest absolute Gasteiger partial charge is 0.409 e. The summed E-state index contributed by atoms with van der Waals surface area (Å²) in [5, 5.41) is 11.2. The zero-order valence-corrected chi connectivity index (χ0v) is 7.38. The van der Waals surface area contributed by atoms with E-state index in [1.165, 1.54) is 12.3 Å². The third kappa shape index (κ3) is 2.48. The SMILES string of the molecule is N/C(Cc1c[nH]c(=O)c(Cl)c1)=N\O. The molecule has 1 aromatic rings. The lowest BCUT2D eigenvalue weighted by atomic mass is 10.2. The number of nitrogens with zero attached hydrogens (tertiary/aromatic N) is 1. The molecule has 1 aromatic heterocycles. The second-order valence-corrected chi connectivity index (χ2v) is 2.86. The van der Waals surface area contributed by atoms with Crippen LogP contribution in [-0.4, -0.2) is 16.0 Å². The zero-order valence-electron chi connectivity index (χ0n) is 6.62. The molecule has 4 N–H and O–H groups in total. The molecular weight excluding hydrogens is 194 g/mol. The van der Waals surface area contributed by atoms with E-state index in [4.69, 9.17) is 22.5 Å². The third-order valence-electron chi connectivity index (χ3n) is 1.43. The van der Waals surface area contributed by atoms with Crippen LogP contribution in [0.25, 0.3) is 0 Å². The molecule has 0 spiro atoms. The molecule has 1 rings (SSSR count). The number of hydrogen-bond acceptors (Lipinski definition) is 3. The number of aromatic amines is 1. The summed E-state index contributed by atoms with van der Waals surface area (Å²) in [4.78, 5) is 13.2. The van der Waals surface area contributed by atoms with Crippen molar-refractivity contribution in [2.45, 2.75) is 6.42 Å². The van der Waals surface area contributed by atoms with E-state index in [1.54, 1.807) is 0 Å². The van der Waals surface area contributed by atoms with Crippen LogP contribution in [0, 0.1) is 0 Å². The molecule has 0 saturated heterocycles. The molecule has 0 saturated carbocycles. The van der Waals surface area contributed by atoms with Crippen LogP contribution in [0.5, 0.6) is 0 Å². The number of oxime groups is 1. The molecule has 1 heterocycles. The first-order chi connectivity index (χ1) is 6.13. The Labute approximate surface area is 78.8 Å². The van der Waals surface area contributed by atoms with Crippen molar-refractivity contribution in [3.8, 4) is 0 Å². The van der Waals surface area contributed by atoms with Crippen LogP contribution < -0.4 is 11.3 Å². The maximum atomic E-state index is 10.8. The molecule has 0 fully saturated rings. The van der Waals surface area contributed by atoms with Crippen LogP contribution in [0.3, 0.4) is 0 Å². The topological polar surface area (TPSA) is 91.5 Å². The molecule has 70 valence electrons. The Kier molecular flexibility index (Phi) is 2.92. The molecule has 6 heteroatoms. The normalized spacial score (nSPS) is 11.6. The van der Waals surface area contributed by atoms with Crippen molar-refractivity contribution in [1.82, 2.24) is 4.98 Å². The maximum absolute atomic E-state index is 10.8. The second kappa shape index (κ2) is 3.95. The van der Waals surface area contributed by atoms with Crippen LogP contribution in [0.2, 0.25) is 5.02 Å². The van der Waals surface area contributed by atoms with E-state index in [2.05, 4.69) is 10.1 Å². The number of hydrogen-bond donors (Lipinski definition) is 3. The standard InChI is InChI=1S/C7H8ClN3O2/c8-5-1-4(2-6(9)11-13)3-10-7(5)12/h1,3,13H,2H2,(H2,9,11)(H,10,12). The Morgan fingerprint density at radius 1 is 1.77 bits per heavy atom. The van der Waals surface area contributed by atoms with Crippen molar-refractivity contribution in [2.75, 3.05) is 0 Å². The summed E-state index contributed by atoms with van der Waals surface area (Å²) in [6, 6.07) is 1.47. The van der Waals surface area contributed by atoms with Gasteiger partial charge in [0, 0.05) is 12.6 Å². The van der Waals surface area contributed by atoms with Gasteiger partial charge in [0.1, 0.15) is 10.9 Å². The second-order valence-electron chi connectivity index (χ2n) is 2.45. The van der Waals surface area contributed by atoms with Gasteiger partial charge in [-0.15, -0.1) is 0 Å². The van der Waals surface area contributed by atoms with E-state index in [9.17, 15) is 4.79 Å². The molecule has 0 amide bonds. The molecule has 0 atom stereocenters. The number of H-pyrrole nitrogens is 1. The summed E-state index contributed by atoms with van der Waals surface area (Å²) < 4.78 is 0. The number of amidine groups is 1. The Morgan fingerprint density at radius 3 is 3.00 bits per heavy atom. The lowest BCUT2D eigenvalue weighted by Gasteiger charge is -1.98. The number of aromatic nitrogens is 1. The van der Waals surface area contributed by atoms with Crippen molar-refractivity contribution >= 4 is 17.4 Å². The summed E-state index contributed by atoms with van der Waals surface area (Å²) in [5.74, 6) is 0.0584. The fraction of sp³-hybridized carbons (Fsp3) is 0.143. The molecule has 0 unspecified atom stereocenters. The monoisotopic (exact) mass is 201 g/mol. The summed E-state index contributed by atoms with van der Waals surface area (Å²) >= 11 is 5.55. The van der Waals surface area contributed by atoms with Gasteiger partial charge in [-0.1, -0.05) is 16.8 Å². The smallest absolute Gasteiger partial charge is 0.266 e. The van der Waals surface area contributed by atoms with Crippen molar-refractivity contribution in [1.29, 1.82) is 0 Å². The highest BCUT2D eigenvalue weighted by atomic mass is 35.5.